The SMILES string of the molecule is O=C(NC1CCCC(C(=O)O)C1)c1cnsn1. The first kappa shape index (κ1) is 12.0. The Morgan fingerprint density at radius 3 is 2.94 bits per heavy atom. The molecule has 1 fully saturated rings. The molecule has 7 heteroatoms. The molecule has 2 atom stereocenters. The summed E-state index contributed by atoms with van der Waals surface area (Å²) in [5.41, 5.74) is 0.299. The van der Waals surface area contributed by atoms with E-state index in [1.54, 1.807) is 0 Å². The van der Waals surface area contributed by atoms with Crippen molar-refractivity contribution in [1.29, 1.82) is 0 Å². The van der Waals surface area contributed by atoms with Crippen LogP contribution in [0.2, 0.25) is 0 Å². The van der Waals surface area contributed by atoms with Crippen LogP contribution in [0.3, 0.4) is 0 Å². The zero-order chi connectivity index (χ0) is 12.3. The van der Waals surface area contributed by atoms with Gasteiger partial charge >= 0.3 is 5.97 Å². The third-order valence-corrected chi connectivity index (χ3v) is 3.43. The molecule has 0 radical (unpaired) electrons. The van der Waals surface area contributed by atoms with Crippen molar-refractivity contribution in [2.24, 2.45) is 5.92 Å². The Bertz CT molecular complexity index is 407. The van der Waals surface area contributed by atoms with Gasteiger partial charge in [-0.1, -0.05) is 6.42 Å². The van der Waals surface area contributed by atoms with E-state index < -0.39 is 5.97 Å². The van der Waals surface area contributed by atoms with Gasteiger partial charge in [-0.3, -0.25) is 9.59 Å². The van der Waals surface area contributed by atoms with E-state index in [-0.39, 0.29) is 17.9 Å². The van der Waals surface area contributed by atoms with E-state index in [0.29, 0.717) is 18.5 Å². The second-order valence-corrected chi connectivity index (χ2v) is 4.72. The molecule has 2 rings (SSSR count). The van der Waals surface area contributed by atoms with Crippen LogP contribution in [-0.4, -0.2) is 31.8 Å². The van der Waals surface area contributed by atoms with Gasteiger partial charge in [-0.2, -0.15) is 8.75 Å². The third kappa shape index (κ3) is 3.00. The van der Waals surface area contributed by atoms with Gasteiger partial charge in [0.25, 0.3) is 5.91 Å². The van der Waals surface area contributed by atoms with E-state index in [1.165, 1.54) is 6.20 Å². The number of carboxylic acids is 1. The van der Waals surface area contributed by atoms with Crippen LogP contribution in [0.1, 0.15) is 36.2 Å². The lowest BCUT2D eigenvalue weighted by molar-refractivity contribution is -0.143. The minimum Gasteiger partial charge on any atom is -0.481 e. The summed E-state index contributed by atoms with van der Waals surface area (Å²) in [6.45, 7) is 0. The van der Waals surface area contributed by atoms with Gasteiger partial charge in [0.2, 0.25) is 0 Å². The van der Waals surface area contributed by atoms with Gasteiger partial charge in [0.05, 0.1) is 23.8 Å². The largest absolute Gasteiger partial charge is 0.481 e. The molecule has 1 aliphatic carbocycles. The predicted octanol–water partition coefficient (Wildman–Crippen LogP) is 0.911. The van der Waals surface area contributed by atoms with Gasteiger partial charge < -0.3 is 10.4 Å². The first-order valence-corrected chi connectivity index (χ1v) is 6.21. The zero-order valence-electron chi connectivity index (χ0n) is 9.13. The summed E-state index contributed by atoms with van der Waals surface area (Å²) in [6.07, 6.45) is 4.26. The summed E-state index contributed by atoms with van der Waals surface area (Å²) in [4.78, 5) is 22.6. The Hall–Kier alpha value is -1.50. The monoisotopic (exact) mass is 255 g/mol. The van der Waals surface area contributed by atoms with Crippen LogP contribution in [0, 0.1) is 5.92 Å². The van der Waals surface area contributed by atoms with Gasteiger partial charge in [-0.05, 0) is 19.3 Å². The number of nitrogens with one attached hydrogen (secondary N) is 1. The van der Waals surface area contributed by atoms with Crippen LogP contribution in [0.25, 0.3) is 0 Å². The number of carbonyl (C=O) groups excluding carboxylic acids is 1. The molecule has 1 amide bonds. The van der Waals surface area contributed by atoms with Crippen molar-refractivity contribution in [3.8, 4) is 0 Å². The molecule has 1 aromatic heterocycles. The Labute approximate surface area is 102 Å². The topological polar surface area (TPSA) is 92.2 Å². The summed E-state index contributed by atoms with van der Waals surface area (Å²) >= 11 is 0.980. The average Bonchev–Trinajstić information content (AvgIpc) is 2.82. The van der Waals surface area contributed by atoms with Crippen LogP contribution in [0.5, 0.6) is 0 Å². The highest BCUT2D eigenvalue weighted by atomic mass is 32.1. The molecule has 2 N–H and O–H groups in total. The van der Waals surface area contributed by atoms with Gasteiger partial charge in [-0.15, -0.1) is 0 Å². The number of carboxylic acid groups (broad SMARTS) is 1. The zero-order valence-corrected chi connectivity index (χ0v) is 9.94. The Balaban J connectivity index is 1.91. The summed E-state index contributed by atoms with van der Waals surface area (Å²) < 4.78 is 7.59. The second kappa shape index (κ2) is 5.22. The van der Waals surface area contributed by atoms with Crippen LogP contribution < -0.4 is 5.32 Å². The summed E-state index contributed by atoms with van der Waals surface area (Å²) in [5, 5.41) is 11.7. The Morgan fingerprint density at radius 1 is 1.47 bits per heavy atom. The van der Waals surface area contributed by atoms with Crippen LogP contribution in [0.15, 0.2) is 6.20 Å². The predicted molar refractivity (Wildman–Crippen MR) is 60.8 cm³/mol. The normalized spacial score (nSPS) is 24.2. The molecule has 1 aromatic rings. The molecule has 1 heterocycles. The smallest absolute Gasteiger partial charge is 0.306 e. The maximum Gasteiger partial charge on any atom is 0.306 e. The average molecular weight is 255 g/mol. The molecule has 17 heavy (non-hydrogen) atoms. The fourth-order valence-corrected chi connectivity index (χ4v) is 2.48. The highest BCUT2D eigenvalue weighted by Crippen LogP contribution is 2.24. The van der Waals surface area contributed by atoms with Crippen molar-refractivity contribution in [2.45, 2.75) is 31.7 Å². The first-order chi connectivity index (χ1) is 8.16. The molecular formula is C10H13N3O3S. The number of aromatic nitrogens is 2. The maximum absolute atomic E-state index is 11.7. The molecule has 0 spiro atoms. The molecule has 1 saturated carbocycles. The van der Waals surface area contributed by atoms with E-state index in [0.717, 1.165) is 24.6 Å². The van der Waals surface area contributed by atoms with E-state index in [2.05, 4.69) is 14.1 Å². The van der Waals surface area contributed by atoms with Gasteiger partial charge in [0.15, 0.2) is 5.69 Å². The fourth-order valence-electron chi connectivity index (χ4n) is 2.07. The van der Waals surface area contributed by atoms with E-state index in [4.69, 9.17) is 5.11 Å². The highest BCUT2D eigenvalue weighted by molar-refractivity contribution is 6.99. The van der Waals surface area contributed by atoms with Crippen LogP contribution in [-0.2, 0) is 4.79 Å². The first-order valence-electron chi connectivity index (χ1n) is 5.48. The van der Waals surface area contributed by atoms with E-state index in [9.17, 15) is 9.59 Å². The van der Waals surface area contributed by atoms with Crippen LogP contribution in [0.4, 0.5) is 0 Å². The summed E-state index contributed by atoms with van der Waals surface area (Å²) in [6, 6.07) is -0.0703. The third-order valence-electron chi connectivity index (χ3n) is 2.95. The summed E-state index contributed by atoms with van der Waals surface area (Å²) in [5.74, 6) is -1.39. The second-order valence-electron chi connectivity index (χ2n) is 4.16. The fraction of sp³-hybridized carbons (Fsp3) is 0.600. The number of hydrogen-bond acceptors (Lipinski definition) is 5. The summed E-state index contributed by atoms with van der Waals surface area (Å²) in [7, 11) is 0. The molecule has 6 nitrogen and oxygen atoms in total. The number of hydrogen-bond donors (Lipinski definition) is 2. The van der Waals surface area contributed by atoms with Crippen molar-refractivity contribution in [3.63, 3.8) is 0 Å². The Morgan fingerprint density at radius 2 is 2.29 bits per heavy atom. The molecule has 0 aliphatic heterocycles. The maximum atomic E-state index is 11.7. The number of aliphatic carboxylic acids is 1. The molecule has 1 aliphatic rings. The standard InChI is InChI=1S/C10H13N3O3S/c14-9(8-5-11-17-13-8)12-7-3-1-2-6(4-7)10(15)16/h5-7H,1-4H2,(H,12,14)(H,15,16). The van der Waals surface area contributed by atoms with Crippen molar-refractivity contribution < 1.29 is 14.7 Å². The number of carbonyl (C=O) groups is 2. The van der Waals surface area contributed by atoms with Gasteiger partial charge in [-0.25, -0.2) is 0 Å². The number of nitrogens with zero attached hydrogens (tertiary/aromatic N) is 2. The molecule has 0 bridgehead atoms. The highest BCUT2D eigenvalue weighted by Gasteiger charge is 2.28. The van der Waals surface area contributed by atoms with Crippen LogP contribution >= 0.6 is 11.7 Å². The number of rotatable bonds is 3. The van der Waals surface area contributed by atoms with E-state index >= 15 is 0 Å². The van der Waals surface area contributed by atoms with Crippen molar-refractivity contribution in [1.82, 2.24) is 14.1 Å². The molecular weight excluding hydrogens is 242 g/mol. The lowest BCUT2D eigenvalue weighted by Gasteiger charge is -2.26. The van der Waals surface area contributed by atoms with Crippen molar-refractivity contribution in [2.75, 3.05) is 0 Å². The van der Waals surface area contributed by atoms with E-state index in [1.807, 2.05) is 0 Å². The lowest BCUT2D eigenvalue weighted by atomic mass is 9.86. The van der Waals surface area contributed by atoms with Gasteiger partial charge in [0.1, 0.15) is 0 Å². The number of amides is 1. The van der Waals surface area contributed by atoms with Crippen molar-refractivity contribution in [3.05, 3.63) is 11.9 Å². The van der Waals surface area contributed by atoms with Gasteiger partial charge in [0, 0.05) is 6.04 Å². The van der Waals surface area contributed by atoms with Crippen molar-refractivity contribution >= 4 is 23.6 Å². The minimum absolute atomic E-state index is 0.0703. The molecule has 2 unspecified atom stereocenters. The minimum atomic E-state index is -0.778. The Kier molecular flexibility index (Phi) is 3.68. The molecule has 0 saturated heterocycles. The lowest BCUT2D eigenvalue weighted by Crippen LogP contribution is -2.40. The quantitative estimate of drug-likeness (QED) is 0.837. The molecule has 92 valence electrons. The molecule has 0 aromatic carbocycles.